The molecule has 0 radical (unpaired) electrons. The fourth-order valence-corrected chi connectivity index (χ4v) is 3.64. The van der Waals surface area contributed by atoms with Crippen molar-refractivity contribution in [1.82, 2.24) is 9.88 Å². The molecule has 132 valence electrons. The van der Waals surface area contributed by atoms with Crippen molar-refractivity contribution in [2.75, 3.05) is 38.2 Å². The average Bonchev–Trinajstić information content (AvgIpc) is 2.62. The number of likely N-dealkylation sites (tertiary alicyclic amines) is 1. The number of aromatic nitrogens is 1. The summed E-state index contributed by atoms with van der Waals surface area (Å²) in [4.78, 5) is 21.4. The zero-order chi connectivity index (χ0) is 17.1. The molecule has 3 rings (SSSR count). The molecule has 1 aromatic heterocycles. The second-order valence-corrected chi connectivity index (χ2v) is 7.37. The molecule has 2 atom stereocenters. The van der Waals surface area contributed by atoms with Crippen LogP contribution in [0.5, 0.6) is 0 Å². The highest BCUT2D eigenvalue weighted by Gasteiger charge is 2.27. The minimum absolute atomic E-state index is 0.114. The summed E-state index contributed by atoms with van der Waals surface area (Å²) in [6.45, 7) is 8.07. The van der Waals surface area contributed by atoms with Gasteiger partial charge in [-0.15, -0.1) is 0 Å². The van der Waals surface area contributed by atoms with Crippen LogP contribution in [0.25, 0.3) is 0 Å². The highest BCUT2D eigenvalue weighted by Crippen LogP contribution is 2.24. The standard InChI is InChI=1S/C19H29N3O2/c1-14-6-9-21(10-7-14)19(23)16-4-5-18(20-12-16)22-11-8-15(2)17(13-22)24-3/h4-5,12,14-15,17H,6-11,13H2,1-3H3. The first kappa shape index (κ1) is 17.2. The lowest BCUT2D eigenvalue weighted by Gasteiger charge is -2.37. The third-order valence-electron chi connectivity index (χ3n) is 5.58. The van der Waals surface area contributed by atoms with Crippen LogP contribution in [0.2, 0.25) is 0 Å². The summed E-state index contributed by atoms with van der Waals surface area (Å²) < 4.78 is 5.57. The fourth-order valence-electron chi connectivity index (χ4n) is 3.64. The molecule has 0 bridgehead atoms. The second kappa shape index (κ2) is 7.51. The molecular formula is C19H29N3O2. The number of anilines is 1. The van der Waals surface area contributed by atoms with Gasteiger partial charge in [-0.25, -0.2) is 4.98 Å². The van der Waals surface area contributed by atoms with Gasteiger partial charge in [0.25, 0.3) is 5.91 Å². The van der Waals surface area contributed by atoms with E-state index in [1.165, 1.54) is 0 Å². The molecule has 0 spiro atoms. The molecule has 2 unspecified atom stereocenters. The van der Waals surface area contributed by atoms with Gasteiger partial charge in [0.2, 0.25) is 0 Å². The largest absolute Gasteiger partial charge is 0.379 e. The number of ether oxygens (including phenoxy) is 1. The van der Waals surface area contributed by atoms with E-state index in [2.05, 4.69) is 23.7 Å². The molecule has 2 aliphatic rings. The number of nitrogens with zero attached hydrogens (tertiary/aromatic N) is 3. The zero-order valence-corrected chi connectivity index (χ0v) is 15.1. The van der Waals surface area contributed by atoms with Gasteiger partial charge in [0.1, 0.15) is 5.82 Å². The van der Waals surface area contributed by atoms with E-state index in [1.54, 1.807) is 13.3 Å². The molecule has 2 saturated heterocycles. The molecular weight excluding hydrogens is 302 g/mol. The maximum Gasteiger partial charge on any atom is 0.255 e. The topological polar surface area (TPSA) is 45.7 Å². The van der Waals surface area contributed by atoms with Crippen molar-refractivity contribution in [1.29, 1.82) is 0 Å². The van der Waals surface area contributed by atoms with Crippen molar-refractivity contribution < 1.29 is 9.53 Å². The highest BCUT2D eigenvalue weighted by atomic mass is 16.5. The minimum Gasteiger partial charge on any atom is -0.379 e. The van der Waals surface area contributed by atoms with E-state index in [0.29, 0.717) is 11.5 Å². The molecule has 1 amide bonds. The number of pyridine rings is 1. The van der Waals surface area contributed by atoms with Crippen molar-refractivity contribution in [3.63, 3.8) is 0 Å². The molecule has 0 aliphatic carbocycles. The first-order valence-electron chi connectivity index (χ1n) is 9.11. The number of hydrogen-bond acceptors (Lipinski definition) is 4. The summed E-state index contributed by atoms with van der Waals surface area (Å²) in [5, 5.41) is 0. The van der Waals surface area contributed by atoms with Crippen LogP contribution in [0, 0.1) is 11.8 Å². The fraction of sp³-hybridized carbons (Fsp3) is 0.684. The van der Waals surface area contributed by atoms with Crippen molar-refractivity contribution >= 4 is 11.7 Å². The Labute approximate surface area is 145 Å². The lowest BCUT2D eigenvalue weighted by molar-refractivity contribution is 0.0496. The van der Waals surface area contributed by atoms with Crippen molar-refractivity contribution in [3.05, 3.63) is 23.9 Å². The maximum atomic E-state index is 12.6. The zero-order valence-electron chi connectivity index (χ0n) is 15.1. The van der Waals surface area contributed by atoms with E-state index in [1.807, 2.05) is 17.0 Å². The summed E-state index contributed by atoms with van der Waals surface area (Å²) in [6.07, 6.45) is 5.28. The van der Waals surface area contributed by atoms with Gasteiger partial charge in [0.15, 0.2) is 0 Å². The van der Waals surface area contributed by atoms with Crippen LogP contribution < -0.4 is 4.90 Å². The Morgan fingerprint density at radius 3 is 2.54 bits per heavy atom. The van der Waals surface area contributed by atoms with E-state index >= 15 is 0 Å². The number of rotatable bonds is 3. The van der Waals surface area contributed by atoms with Crippen molar-refractivity contribution in [3.8, 4) is 0 Å². The van der Waals surface area contributed by atoms with E-state index < -0.39 is 0 Å². The molecule has 5 nitrogen and oxygen atoms in total. The van der Waals surface area contributed by atoms with Gasteiger partial charge in [-0.1, -0.05) is 13.8 Å². The predicted octanol–water partition coefficient (Wildman–Crippen LogP) is 2.81. The monoisotopic (exact) mass is 331 g/mol. The van der Waals surface area contributed by atoms with E-state index in [-0.39, 0.29) is 12.0 Å². The molecule has 3 heterocycles. The Morgan fingerprint density at radius 2 is 1.92 bits per heavy atom. The Kier molecular flexibility index (Phi) is 5.39. The summed E-state index contributed by atoms with van der Waals surface area (Å²) >= 11 is 0. The Balaban J connectivity index is 1.64. The van der Waals surface area contributed by atoms with Gasteiger partial charge in [-0.05, 0) is 43.2 Å². The average molecular weight is 331 g/mol. The van der Waals surface area contributed by atoms with Gasteiger partial charge in [0, 0.05) is 39.5 Å². The second-order valence-electron chi connectivity index (χ2n) is 7.37. The van der Waals surface area contributed by atoms with Crippen LogP contribution in [-0.2, 0) is 4.74 Å². The van der Waals surface area contributed by atoms with Gasteiger partial charge in [-0.2, -0.15) is 0 Å². The number of hydrogen-bond donors (Lipinski definition) is 0. The summed E-state index contributed by atoms with van der Waals surface area (Å²) in [6, 6.07) is 3.89. The van der Waals surface area contributed by atoms with Gasteiger partial charge < -0.3 is 14.5 Å². The van der Waals surface area contributed by atoms with Crippen molar-refractivity contribution in [2.45, 2.75) is 39.2 Å². The summed E-state index contributed by atoms with van der Waals surface area (Å²) in [7, 11) is 1.78. The summed E-state index contributed by atoms with van der Waals surface area (Å²) in [5.74, 6) is 2.36. The third-order valence-corrected chi connectivity index (χ3v) is 5.58. The predicted molar refractivity (Wildman–Crippen MR) is 95.3 cm³/mol. The third kappa shape index (κ3) is 3.72. The van der Waals surface area contributed by atoms with E-state index in [4.69, 9.17) is 4.74 Å². The molecule has 0 N–H and O–H groups in total. The number of carbonyl (C=O) groups is 1. The van der Waals surface area contributed by atoms with Crippen LogP contribution in [0.4, 0.5) is 5.82 Å². The van der Waals surface area contributed by atoms with Crippen molar-refractivity contribution in [2.24, 2.45) is 11.8 Å². The molecule has 1 aromatic rings. The van der Waals surface area contributed by atoms with Gasteiger partial charge >= 0.3 is 0 Å². The first-order chi connectivity index (χ1) is 11.6. The summed E-state index contributed by atoms with van der Waals surface area (Å²) in [5.41, 5.74) is 0.696. The Morgan fingerprint density at radius 1 is 1.17 bits per heavy atom. The smallest absolute Gasteiger partial charge is 0.255 e. The number of carbonyl (C=O) groups excluding carboxylic acids is 1. The van der Waals surface area contributed by atoms with Crippen LogP contribution in [0.3, 0.4) is 0 Å². The molecule has 0 aromatic carbocycles. The number of piperidine rings is 2. The molecule has 2 fully saturated rings. The quantitative estimate of drug-likeness (QED) is 0.854. The van der Waals surface area contributed by atoms with Gasteiger partial charge in [0.05, 0.1) is 11.7 Å². The van der Waals surface area contributed by atoms with E-state index in [0.717, 1.165) is 57.2 Å². The van der Waals surface area contributed by atoms with Crippen LogP contribution in [0.1, 0.15) is 43.5 Å². The molecule has 5 heteroatoms. The lowest BCUT2D eigenvalue weighted by Crippen LogP contribution is -2.44. The van der Waals surface area contributed by atoms with Crippen LogP contribution >= 0.6 is 0 Å². The number of methoxy groups -OCH3 is 1. The normalized spacial score (nSPS) is 25.8. The molecule has 24 heavy (non-hydrogen) atoms. The first-order valence-corrected chi connectivity index (χ1v) is 9.11. The maximum absolute atomic E-state index is 12.6. The lowest BCUT2D eigenvalue weighted by atomic mass is 9.96. The Bertz CT molecular complexity index is 552. The minimum atomic E-state index is 0.114. The SMILES string of the molecule is COC1CN(c2ccc(C(=O)N3CCC(C)CC3)cn2)CCC1C. The molecule has 0 saturated carbocycles. The molecule has 2 aliphatic heterocycles. The number of amides is 1. The van der Waals surface area contributed by atoms with Crippen LogP contribution in [0.15, 0.2) is 18.3 Å². The van der Waals surface area contributed by atoms with Gasteiger partial charge in [-0.3, -0.25) is 4.79 Å². The Hall–Kier alpha value is -1.62. The highest BCUT2D eigenvalue weighted by molar-refractivity contribution is 5.94. The van der Waals surface area contributed by atoms with Crippen LogP contribution in [-0.4, -0.2) is 55.2 Å². The van der Waals surface area contributed by atoms with E-state index in [9.17, 15) is 4.79 Å².